The molecule has 3 rings (SSSR count). The molecule has 0 amide bonds. The molecule has 3 atom stereocenters. The van der Waals surface area contributed by atoms with Crippen LogP contribution in [0.15, 0.2) is 12.3 Å². The van der Waals surface area contributed by atoms with Gasteiger partial charge in [0.1, 0.15) is 5.82 Å². The molecule has 0 saturated heterocycles. The zero-order valence-electron chi connectivity index (χ0n) is 11.9. The minimum atomic E-state index is 0.397. The molecule has 2 aliphatic carbocycles. The highest BCUT2D eigenvalue weighted by atomic mass is 15.2. The zero-order valence-corrected chi connectivity index (χ0v) is 11.9. The van der Waals surface area contributed by atoms with E-state index in [1.165, 1.54) is 32.1 Å². The Morgan fingerprint density at radius 1 is 1.21 bits per heavy atom. The van der Waals surface area contributed by atoms with Gasteiger partial charge in [0.25, 0.3) is 0 Å². The van der Waals surface area contributed by atoms with E-state index >= 15 is 0 Å². The maximum atomic E-state index is 4.56. The van der Waals surface area contributed by atoms with Gasteiger partial charge in [-0.05, 0) is 51.0 Å². The lowest BCUT2D eigenvalue weighted by Gasteiger charge is -2.20. The van der Waals surface area contributed by atoms with Gasteiger partial charge in [-0.15, -0.1) is 0 Å². The minimum Gasteiger partial charge on any atom is -0.368 e. The molecule has 2 N–H and O–H groups in total. The molecule has 0 aromatic carbocycles. The maximum Gasteiger partial charge on any atom is 0.224 e. The molecule has 2 saturated carbocycles. The molecular weight excluding hydrogens is 236 g/mol. The number of fused-ring (bicyclic) bond motifs is 1. The molecule has 2 aliphatic rings. The molecule has 2 fully saturated rings. The summed E-state index contributed by atoms with van der Waals surface area (Å²) in [6.07, 6.45) is 8.71. The summed E-state index contributed by atoms with van der Waals surface area (Å²) in [4.78, 5) is 8.92. The summed E-state index contributed by atoms with van der Waals surface area (Å²) in [6.45, 7) is 4.24. The quantitative estimate of drug-likeness (QED) is 0.872. The van der Waals surface area contributed by atoms with E-state index in [0.29, 0.717) is 12.1 Å². The largest absolute Gasteiger partial charge is 0.368 e. The predicted octanol–water partition coefficient (Wildman–Crippen LogP) is 3.29. The first kappa shape index (κ1) is 12.7. The minimum absolute atomic E-state index is 0.397. The van der Waals surface area contributed by atoms with Crippen molar-refractivity contribution in [1.82, 2.24) is 9.97 Å². The maximum absolute atomic E-state index is 4.56. The summed E-state index contributed by atoms with van der Waals surface area (Å²) < 4.78 is 0. The number of nitrogens with one attached hydrogen (secondary N) is 2. The topological polar surface area (TPSA) is 49.8 Å². The molecule has 0 bridgehead atoms. The van der Waals surface area contributed by atoms with Gasteiger partial charge in [0.05, 0.1) is 0 Å². The van der Waals surface area contributed by atoms with Gasteiger partial charge in [-0.25, -0.2) is 4.98 Å². The second-order valence-corrected chi connectivity index (χ2v) is 6.25. The van der Waals surface area contributed by atoms with Crippen LogP contribution < -0.4 is 10.6 Å². The van der Waals surface area contributed by atoms with E-state index in [1.807, 2.05) is 12.3 Å². The fourth-order valence-electron chi connectivity index (χ4n) is 3.71. The smallest absolute Gasteiger partial charge is 0.224 e. The van der Waals surface area contributed by atoms with Crippen LogP contribution in [0, 0.1) is 11.8 Å². The van der Waals surface area contributed by atoms with Crippen molar-refractivity contribution in [2.24, 2.45) is 11.8 Å². The second kappa shape index (κ2) is 5.35. The Bertz CT molecular complexity index is 432. The number of aromatic nitrogens is 2. The first-order valence-electron chi connectivity index (χ1n) is 7.58. The van der Waals surface area contributed by atoms with E-state index in [1.54, 1.807) is 0 Å². The Morgan fingerprint density at radius 3 is 2.95 bits per heavy atom. The van der Waals surface area contributed by atoms with Crippen LogP contribution in [0.25, 0.3) is 0 Å². The molecule has 19 heavy (non-hydrogen) atoms. The summed E-state index contributed by atoms with van der Waals surface area (Å²) in [5, 5.41) is 6.89. The van der Waals surface area contributed by atoms with E-state index in [4.69, 9.17) is 0 Å². The Kier molecular flexibility index (Phi) is 3.58. The van der Waals surface area contributed by atoms with E-state index in [9.17, 15) is 0 Å². The van der Waals surface area contributed by atoms with Gasteiger partial charge >= 0.3 is 0 Å². The lowest BCUT2D eigenvalue weighted by atomic mass is 9.98. The fourth-order valence-corrected chi connectivity index (χ4v) is 3.71. The van der Waals surface area contributed by atoms with Gasteiger partial charge in [-0.3, -0.25) is 0 Å². The number of hydrogen-bond donors (Lipinski definition) is 2. The number of hydrogen-bond acceptors (Lipinski definition) is 4. The van der Waals surface area contributed by atoms with Crippen LogP contribution in [0.4, 0.5) is 11.8 Å². The molecule has 0 aliphatic heterocycles. The van der Waals surface area contributed by atoms with Crippen LogP contribution in [0.3, 0.4) is 0 Å². The highest BCUT2D eigenvalue weighted by Crippen LogP contribution is 2.44. The number of nitrogens with zero attached hydrogens (tertiary/aromatic N) is 2. The zero-order chi connectivity index (χ0) is 13.2. The van der Waals surface area contributed by atoms with Crippen molar-refractivity contribution in [2.45, 2.75) is 58.0 Å². The third kappa shape index (κ3) is 2.82. The van der Waals surface area contributed by atoms with Gasteiger partial charge in [-0.1, -0.05) is 12.8 Å². The Labute approximate surface area is 115 Å². The standard InChI is InChI=1S/C15H24N4/c1-10(2)17-14-8-9-16-15(19-14)18-13-7-6-11-4-3-5-12(11)13/h8-13H,3-7H2,1-2H3,(H2,16,17,18,19)/t11-,12-,13-/m1/s1. The third-order valence-corrected chi connectivity index (χ3v) is 4.49. The number of rotatable bonds is 4. The van der Waals surface area contributed by atoms with Crippen LogP contribution in [-0.4, -0.2) is 22.1 Å². The van der Waals surface area contributed by atoms with Crippen LogP contribution in [0.2, 0.25) is 0 Å². The molecule has 1 heterocycles. The monoisotopic (exact) mass is 260 g/mol. The van der Waals surface area contributed by atoms with E-state index in [0.717, 1.165) is 23.6 Å². The predicted molar refractivity (Wildman–Crippen MR) is 78.3 cm³/mol. The van der Waals surface area contributed by atoms with Crippen molar-refractivity contribution in [3.8, 4) is 0 Å². The Hall–Kier alpha value is -1.32. The van der Waals surface area contributed by atoms with Crippen LogP contribution in [0.5, 0.6) is 0 Å². The summed E-state index contributed by atoms with van der Waals surface area (Å²) in [7, 11) is 0. The highest BCUT2D eigenvalue weighted by Gasteiger charge is 2.39. The molecule has 4 nitrogen and oxygen atoms in total. The Balaban J connectivity index is 1.66. The van der Waals surface area contributed by atoms with Gasteiger partial charge in [-0.2, -0.15) is 4.98 Å². The van der Waals surface area contributed by atoms with Crippen LogP contribution in [0.1, 0.15) is 46.0 Å². The van der Waals surface area contributed by atoms with Crippen LogP contribution in [-0.2, 0) is 0 Å². The highest BCUT2D eigenvalue weighted by molar-refractivity contribution is 5.40. The second-order valence-electron chi connectivity index (χ2n) is 6.25. The van der Waals surface area contributed by atoms with Gasteiger partial charge in [0.2, 0.25) is 5.95 Å². The van der Waals surface area contributed by atoms with Crippen molar-refractivity contribution in [3.05, 3.63) is 12.3 Å². The summed E-state index contributed by atoms with van der Waals surface area (Å²) >= 11 is 0. The molecule has 0 radical (unpaired) electrons. The first-order chi connectivity index (χ1) is 9.22. The SMILES string of the molecule is CC(C)Nc1ccnc(N[C@@H]2CC[C@H]3CCC[C@H]32)n1. The third-order valence-electron chi connectivity index (χ3n) is 4.49. The van der Waals surface area contributed by atoms with E-state index in [2.05, 4.69) is 34.4 Å². The van der Waals surface area contributed by atoms with Crippen LogP contribution >= 0.6 is 0 Å². The fraction of sp³-hybridized carbons (Fsp3) is 0.733. The normalized spacial score (nSPS) is 29.5. The van der Waals surface area contributed by atoms with Crippen molar-refractivity contribution in [1.29, 1.82) is 0 Å². The summed E-state index contributed by atoms with van der Waals surface area (Å²) in [5.74, 6) is 3.50. The number of anilines is 2. The van der Waals surface area contributed by atoms with Crippen molar-refractivity contribution in [3.63, 3.8) is 0 Å². The van der Waals surface area contributed by atoms with Gasteiger partial charge in [0, 0.05) is 18.3 Å². The molecular formula is C15H24N4. The summed E-state index contributed by atoms with van der Waals surface area (Å²) in [6, 6.07) is 2.91. The first-order valence-corrected chi connectivity index (χ1v) is 7.58. The van der Waals surface area contributed by atoms with E-state index < -0.39 is 0 Å². The van der Waals surface area contributed by atoms with Gasteiger partial charge < -0.3 is 10.6 Å². The molecule has 1 aromatic heterocycles. The summed E-state index contributed by atoms with van der Waals surface area (Å²) in [5.41, 5.74) is 0. The lowest BCUT2D eigenvalue weighted by molar-refractivity contribution is 0.434. The average molecular weight is 260 g/mol. The van der Waals surface area contributed by atoms with Crippen molar-refractivity contribution >= 4 is 11.8 Å². The van der Waals surface area contributed by atoms with Gasteiger partial charge in [0.15, 0.2) is 0 Å². The Morgan fingerprint density at radius 2 is 2.11 bits per heavy atom. The van der Waals surface area contributed by atoms with Crippen molar-refractivity contribution < 1.29 is 0 Å². The average Bonchev–Trinajstić information content (AvgIpc) is 2.94. The molecule has 104 valence electrons. The van der Waals surface area contributed by atoms with Crippen molar-refractivity contribution in [2.75, 3.05) is 10.6 Å². The molecule has 0 unspecified atom stereocenters. The molecule has 4 heteroatoms. The van der Waals surface area contributed by atoms with E-state index in [-0.39, 0.29) is 0 Å². The molecule has 1 aromatic rings. The molecule has 0 spiro atoms. The lowest BCUT2D eigenvalue weighted by Crippen LogP contribution is -2.25.